The van der Waals surface area contributed by atoms with E-state index in [1.807, 2.05) is 12.3 Å². The van der Waals surface area contributed by atoms with Crippen molar-refractivity contribution >= 4 is 11.6 Å². The second kappa shape index (κ2) is 8.09. The van der Waals surface area contributed by atoms with Gasteiger partial charge in [-0.2, -0.15) is 0 Å². The Morgan fingerprint density at radius 1 is 1.16 bits per heavy atom. The smallest absolute Gasteiger partial charge is 0.231 e. The summed E-state index contributed by atoms with van der Waals surface area (Å²) in [4.78, 5) is 20.1. The predicted octanol–water partition coefficient (Wildman–Crippen LogP) is 1.50. The first-order valence-electron chi connectivity index (χ1n) is 8.46. The third-order valence-electron chi connectivity index (χ3n) is 4.42. The maximum absolute atomic E-state index is 11.1. The van der Waals surface area contributed by atoms with Crippen molar-refractivity contribution < 1.29 is 9.53 Å². The second-order valence-corrected chi connectivity index (χ2v) is 6.23. The van der Waals surface area contributed by atoms with E-state index >= 15 is 0 Å². The number of carbonyl (C=O) groups is 1. The standard InChI is InChI=1S/C19H24N4O2/c1-25-14-15-4-6-16(7-5-15)19-17(3-2-8-21-19)23-11-9-22(10-12-23)13-18(20)24/h2-8H,9-14H2,1H3,(H2,20,24). The van der Waals surface area contributed by atoms with E-state index in [1.54, 1.807) is 7.11 Å². The first kappa shape index (κ1) is 17.4. The molecule has 0 radical (unpaired) electrons. The summed E-state index contributed by atoms with van der Waals surface area (Å²) in [6.45, 7) is 4.29. The van der Waals surface area contributed by atoms with E-state index in [1.165, 1.54) is 0 Å². The molecule has 1 aromatic carbocycles. The van der Waals surface area contributed by atoms with E-state index in [9.17, 15) is 4.79 Å². The zero-order valence-corrected chi connectivity index (χ0v) is 14.5. The van der Waals surface area contributed by atoms with Gasteiger partial charge in [0, 0.05) is 45.0 Å². The maximum Gasteiger partial charge on any atom is 0.231 e. The molecule has 6 nitrogen and oxygen atoms in total. The molecule has 2 heterocycles. The van der Waals surface area contributed by atoms with Crippen molar-refractivity contribution in [1.29, 1.82) is 0 Å². The largest absolute Gasteiger partial charge is 0.380 e. The Labute approximate surface area is 148 Å². The fourth-order valence-corrected chi connectivity index (χ4v) is 3.17. The van der Waals surface area contributed by atoms with Gasteiger partial charge in [-0.1, -0.05) is 24.3 Å². The minimum absolute atomic E-state index is 0.272. The maximum atomic E-state index is 11.1. The molecule has 0 spiro atoms. The number of hydrogen-bond acceptors (Lipinski definition) is 5. The summed E-state index contributed by atoms with van der Waals surface area (Å²) in [5.74, 6) is -0.272. The van der Waals surface area contributed by atoms with E-state index in [0.29, 0.717) is 13.2 Å². The molecule has 0 bridgehead atoms. The zero-order valence-electron chi connectivity index (χ0n) is 14.5. The number of pyridine rings is 1. The number of nitrogens with zero attached hydrogens (tertiary/aromatic N) is 3. The summed E-state index contributed by atoms with van der Waals surface area (Å²) in [7, 11) is 1.70. The molecule has 2 aromatic rings. The molecule has 6 heteroatoms. The number of hydrogen-bond donors (Lipinski definition) is 1. The van der Waals surface area contributed by atoms with Gasteiger partial charge in [-0.15, -0.1) is 0 Å². The van der Waals surface area contributed by atoms with Crippen LogP contribution in [0.4, 0.5) is 5.69 Å². The zero-order chi connectivity index (χ0) is 17.6. The third kappa shape index (κ3) is 4.35. The van der Waals surface area contributed by atoms with Crippen LogP contribution in [0.2, 0.25) is 0 Å². The number of nitrogens with two attached hydrogens (primary N) is 1. The Balaban J connectivity index is 1.76. The quantitative estimate of drug-likeness (QED) is 0.863. The first-order valence-corrected chi connectivity index (χ1v) is 8.46. The van der Waals surface area contributed by atoms with Gasteiger partial charge in [-0.25, -0.2) is 0 Å². The van der Waals surface area contributed by atoms with Gasteiger partial charge in [0.1, 0.15) is 0 Å². The van der Waals surface area contributed by atoms with Crippen LogP contribution in [0, 0.1) is 0 Å². The average Bonchev–Trinajstić information content (AvgIpc) is 2.63. The van der Waals surface area contributed by atoms with Gasteiger partial charge in [0.25, 0.3) is 0 Å². The highest BCUT2D eigenvalue weighted by atomic mass is 16.5. The lowest BCUT2D eigenvalue weighted by Crippen LogP contribution is -2.49. The first-order chi connectivity index (χ1) is 12.2. The Morgan fingerprint density at radius 2 is 1.88 bits per heavy atom. The van der Waals surface area contributed by atoms with Crippen LogP contribution >= 0.6 is 0 Å². The molecule has 2 N–H and O–H groups in total. The number of rotatable bonds is 6. The van der Waals surface area contributed by atoms with Gasteiger partial charge in [0.05, 0.1) is 24.5 Å². The Bertz CT molecular complexity index is 710. The van der Waals surface area contributed by atoms with Gasteiger partial charge in [-0.3, -0.25) is 14.7 Å². The molecular weight excluding hydrogens is 316 g/mol. The monoisotopic (exact) mass is 340 g/mol. The summed E-state index contributed by atoms with van der Waals surface area (Å²) in [6.07, 6.45) is 1.82. The molecular formula is C19H24N4O2. The molecule has 25 heavy (non-hydrogen) atoms. The number of carbonyl (C=O) groups excluding carboxylic acids is 1. The van der Waals surface area contributed by atoms with Gasteiger partial charge < -0.3 is 15.4 Å². The number of ether oxygens (including phenoxy) is 1. The normalized spacial score (nSPS) is 15.3. The van der Waals surface area contributed by atoms with Gasteiger partial charge >= 0.3 is 0 Å². The molecule has 1 aliphatic rings. The lowest BCUT2D eigenvalue weighted by Gasteiger charge is -2.36. The minimum atomic E-state index is -0.272. The molecule has 1 amide bonds. The molecule has 0 aliphatic carbocycles. The number of primary amides is 1. The van der Waals surface area contributed by atoms with Crippen LogP contribution in [0.15, 0.2) is 42.6 Å². The Hall–Kier alpha value is -2.44. The molecule has 3 rings (SSSR count). The van der Waals surface area contributed by atoms with Crippen LogP contribution in [-0.4, -0.2) is 55.6 Å². The van der Waals surface area contributed by atoms with E-state index in [-0.39, 0.29) is 5.91 Å². The lowest BCUT2D eigenvalue weighted by molar-refractivity contribution is -0.119. The van der Waals surface area contributed by atoms with Gasteiger partial charge in [-0.05, 0) is 17.7 Å². The number of amides is 1. The lowest BCUT2D eigenvalue weighted by atomic mass is 10.1. The van der Waals surface area contributed by atoms with Crippen LogP contribution in [0.5, 0.6) is 0 Å². The highest BCUT2D eigenvalue weighted by molar-refractivity contribution is 5.76. The summed E-state index contributed by atoms with van der Waals surface area (Å²) in [5, 5.41) is 0. The summed E-state index contributed by atoms with van der Waals surface area (Å²) < 4.78 is 5.17. The highest BCUT2D eigenvalue weighted by Crippen LogP contribution is 2.29. The van der Waals surface area contributed by atoms with E-state index in [2.05, 4.69) is 45.1 Å². The number of aromatic nitrogens is 1. The van der Waals surface area contributed by atoms with Crippen molar-refractivity contribution in [3.05, 3.63) is 48.2 Å². The van der Waals surface area contributed by atoms with Crippen molar-refractivity contribution in [2.45, 2.75) is 6.61 Å². The molecule has 1 saturated heterocycles. The van der Waals surface area contributed by atoms with Crippen LogP contribution in [0.3, 0.4) is 0 Å². The fraction of sp³-hybridized carbons (Fsp3) is 0.368. The molecule has 1 aromatic heterocycles. The van der Waals surface area contributed by atoms with E-state index in [4.69, 9.17) is 10.5 Å². The van der Waals surface area contributed by atoms with Gasteiger partial charge in [0.2, 0.25) is 5.91 Å². The van der Waals surface area contributed by atoms with E-state index < -0.39 is 0 Å². The summed E-state index contributed by atoms with van der Waals surface area (Å²) >= 11 is 0. The minimum Gasteiger partial charge on any atom is -0.380 e. The van der Waals surface area contributed by atoms with Crippen LogP contribution in [0.25, 0.3) is 11.3 Å². The van der Waals surface area contributed by atoms with Crippen molar-refractivity contribution in [2.24, 2.45) is 5.73 Å². The topological polar surface area (TPSA) is 71.7 Å². The van der Waals surface area contributed by atoms with Crippen LogP contribution in [-0.2, 0) is 16.1 Å². The van der Waals surface area contributed by atoms with Crippen LogP contribution < -0.4 is 10.6 Å². The Morgan fingerprint density at radius 3 is 2.52 bits per heavy atom. The van der Waals surface area contributed by atoms with Crippen molar-refractivity contribution in [3.63, 3.8) is 0 Å². The predicted molar refractivity (Wildman–Crippen MR) is 98.2 cm³/mol. The third-order valence-corrected chi connectivity index (χ3v) is 4.42. The van der Waals surface area contributed by atoms with E-state index in [0.717, 1.165) is 48.7 Å². The SMILES string of the molecule is COCc1ccc(-c2ncccc2N2CCN(CC(N)=O)CC2)cc1. The summed E-state index contributed by atoms with van der Waals surface area (Å²) in [6, 6.07) is 12.4. The number of methoxy groups -OCH3 is 1. The summed E-state index contributed by atoms with van der Waals surface area (Å²) in [5.41, 5.74) is 9.63. The molecule has 0 atom stereocenters. The molecule has 1 fully saturated rings. The average molecular weight is 340 g/mol. The van der Waals surface area contributed by atoms with Crippen LogP contribution in [0.1, 0.15) is 5.56 Å². The fourth-order valence-electron chi connectivity index (χ4n) is 3.17. The molecule has 0 saturated carbocycles. The second-order valence-electron chi connectivity index (χ2n) is 6.23. The van der Waals surface area contributed by atoms with Crippen molar-refractivity contribution in [1.82, 2.24) is 9.88 Å². The molecule has 0 unspecified atom stereocenters. The van der Waals surface area contributed by atoms with Crippen molar-refractivity contribution in [2.75, 3.05) is 44.7 Å². The molecule has 132 valence electrons. The number of benzene rings is 1. The number of anilines is 1. The van der Waals surface area contributed by atoms with Crippen molar-refractivity contribution in [3.8, 4) is 11.3 Å². The highest BCUT2D eigenvalue weighted by Gasteiger charge is 2.21. The number of piperazine rings is 1. The van der Waals surface area contributed by atoms with Gasteiger partial charge in [0.15, 0.2) is 0 Å². The molecule has 1 aliphatic heterocycles. The Kier molecular flexibility index (Phi) is 5.63.